The summed E-state index contributed by atoms with van der Waals surface area (Å²) in [5, 5.41) is 13.8. The van der Waals surface area contributed by atoms with Gasteiger partial charge in [0.1, 0.15) is 0 Å². The van der Waals surface area contributed by atoms with Crippen molar-refractivity contribution in [1.82, 2.24) is 0 Å². The van der Waals surface area contributed by atoms with Crippen LogP contribution in [0.1, 0.15) is 153 Å². The average Bonchev–Trinajstić information content (AvgIpc) is 3.15. The molecule has 0 saturated carbocycles. The smallest absolute Gasteiger partial charge is 0.00987 e. The van der Waals surface area contributed by atoms with E-state index in [1.165, 1.54) is 206 Å². The molecule has 6 aromatic rings. The SMILES string of the molecule is CCCCCCCCCCCCc1ccc2ccc3c(ccc4c5ccc6ccc(CCCCCCCCCCCC)cc6c5ccc34)c2c1. The van der Waals surface area contributed by atoms with E-state index >= 15 is 0 Å². The summed E-state index contributed by atoms with van der Waals surface area (Å²) in [6, 6.07) is 33.4. The summed E-state index contributed by atoms with van der Waals surface area (Å²) in [5.74, 6) is 0. The summed E-state index contributed by atoms with van der Waals surface area (Å²) in [4.78, 5) is 0. The van der Waals surface area contributed by atoms with Crippen LogP contribution in [0.15, 0.2) is 84.9 Å². The van der Waals surface area contributed by atoms with E-state index in [0.717, 1.165) is 0 Å². The van der Waals surface area contributed by atoms with E-state index in [4.69, 9.17) is 0 Å². The number of rotatable bonds is 22. The molecule has 6 rings (SSSR count). The zero-order chi connectivity index (χ0) is 34.4. The van der Waals surface area contributed by atoms with E-state index < -0.39 is 0 Å². The van der Waals surface area contributed by atoms with Crippen molar-refractivity contribution in [3.05, 3.63) is 96.1 Å². The molecular weight excluding hydrogens is 601 g/mol. The second-order valence-corrected chi connectivity index (χ2v) is 15.5. The first-order chi connectivity index (χ1) is 24.8. The van der Waals surface area contributed by atoms with Gasteiger partial charge in [0.15, 0.2) is 0 Å². The Hall–Kier alpha value is -3.38. The molecule has 0 aromatic heterocycles. The maximum Gasteiger partial charge on any atom is -0.00987 e. The molecule has 0 radical (unpaired) electrons. The summed E-state index contributed by atoms with van der Waals surface area (Å²) in [5.41, 5.74) is 2.98. The van der Waals surface area contributed by atoms with Crippen LogP contribution in [0.3, 0.4) is 0 Å². The zero-order valence-corrected chi connectivity index (χ0v) is 31.6. The minimum absolute atomic E-state index is 1.19. The Morgan fingerprint density at radius 2 is 0.520 bits per heavy atom. The maximum atomic E-state index is 2.49. The molecule has 0 spiro atoms. The van der Waals surface area contributed by atoms with Crippen LogP contribution in [-0.2, 0) is 12.8 Å². The van der Waals surface area contributed by atoms with Gasteiger partial charge >= 0.3 is 0 Å². The molecule has 0 bridgehead atoms. The average molecular weight is 665 g/mol. The van der Waals surface area contributed by atoms with Gasteiger partial charge in [-0.15, -0.1) is 0 Å². The molecular formula is C50H64. The molecule has 0 heteroatoms. The molecule has 0 unspecified atom stereocenters. The largest absolute Gasteiger partial charge is 0.0654 e. The highest BCUT2D eigenvalue weighted by atomic mass is 14.1. The first kappa shape index (κ1) is 36.4. The van der Waals surface area contributed by atoms with Crippen LogP contribution in [0.2, 0.25) is 0 Å². The maximum absolute atomic E-state index is 2.49. The van der Waals surface area contributed by atoms with E-state index in [2.05, 4.69) is 98.8 Å². The summed E-state index contributed by atoms with van der Waals surface area (Å²) in [7, 11) is 0. The van der Waals surface area contributed by atoms with Gasteiger partial charge in [0.05, 0.1) is 0 Å². The van der Waals surface area contributed by atoms with Crippen LogP contribution < -0.4 is 0 Å². The predicted octanol–water partition coefficient (Wildman–Crippen LogP) is 16.4. The lowest BCUT2D eigenvalue weighted by molar-refractivity contribution is 0.556. The molecule has 0 N–H and O–H groups in total. The highest BCUT2D eigenvalue weighted by Gasteiger charge is 2.10. The van der Waals surface area contributed by atoms with Gasteiger partial charge in [0, 0.05) is 0 Å². The third kappa shape index (κ3) is 9.48. The molecule has 0 saturated heterocycles. The third-order valence-corrected chi connectivity index (χ3v) is 11.6. The molecule has 50 heavy (non-hydrogen) atoms. The van der Waals surface area contributed by atoms with Crippen molar-refractivity contribution in [2.45, 2.75) is 155 Å². The second kappa shape index (κ2) is 19.3. The number of unbranched alkanes of at least 4 members (excludes halogenated alkanes) is 18. The first-order valence-electron chi connectivity index (χ1n) is 21.0. The fourth-order valence-corrected chi connectivity index (χ4v) is 8.54. The Kier molecular flexibility index (Phi) is 14.0. The number of hydrogen-bond donors (Lipinski definition) is 0. The van der Waals surface area contributed by atoms with Crippen LogP contribution in [0.25, 0.3) is 53.9 Å². The highest BCUT2D eigenvalue weighted by Crippen LogP contribution is 2.37. The van der Waals surface area contributed by atoms with Gasteiger partial charge in [0.2, 0.25) is 0 Å². The van der Waals surface area contributed by atoms with Gasteiger partial charge in [-0.1, -0.05) is 214 Å². The van der Waals surface area contributed by atoms with Crippen molar-refractivity contribution in [3.63, 3.8) is 0 Å². The van der Waals surface area contributed by atoms with Crippen LogP contribution in [0.4, 0.5) is 0 Å². The van der Waals surface area contributed by atoms with Crippen LogP contribution in [-0.4, -0.2) is 0 Å². The van der Waals surface area contributed by atoms with Crippen molar-refractivity contribution in [1.29, 1.82) is 0 Å². The Bertz CT molecular complexity index is 1800. The normalized spacial score (nSPS) is 12.0. The molecule has 6 aromatic carbocycles. The molecule has 0 nitrogen and oxygen atoms in total. The zero-order valence-electron chi connectivity index (χ0n) is 31.6. The lowest BCUT2D eigenvalue weighted by Crippen LogP contribution is -1.89. The van der Waals surface area contributed by atoms with E-state index in [-0.39, 0.29) is 0 Å². The molecule has 0 aliphatic rings. The topological polar surface area (TPSA) is 0 Å². The minimum Gasteiger partial charge on any atom is -0.0654 e. The number of benzene rings is 6. The van der Waals surface area contributed by atoms with Crippen molar-refractivity contribution in [2.75, 3.05) is 0 Å². The van der Waals surface area contributed by atoms with Crippen molar-refractivity contribution < 1.29 is 0 Å². The van der Waals surface area contributed by atoms with E-state index in [0.29, 0.717) is 0 Å². The Morgan fingerprint density at radius 1 is 0.260 bits per heavy atom. The number of hydrogen-bond acceptors (Lipinski definition) is 0. The van der Waals surface area contributed by atoms with Crippen LogP contribution in [0, 0.1) is 0 Å². The molecule has 0 amide bonds. The third-order valence-electron chi connectivity index (χ3n) is 11.6. The van der Waals surface area contributed by atoms with Gasteiger partial charge in [-0.05, 0) is 90.7 Å². The van der Waals surface area contributed by atoms with Gasteiger partial charge < -0.3 is 0 Å². The van der Waals surface area contributed by atoms with Crippen LogP contribution >= 0.6 is 0 Å². The molecule has 0 aliphatic carbocycles. The first-order valence-corrected chi connectivity index (χ1v) is 21.0. The fourth-order valence-electron chi connectivity index (χ4n) is 8.54. The van der Waals surface area contributed by atoms with Crippen molar-refractivity contribution in [3.8, 4) is 0 Å². The minimum atomic E-state index is 1.19. The Morgan fingerprint density at radius 3 is 0.860 bits per heavy atom. The van der Waals surface area contributed by atoms with E-state index in [9.17, 15) is 0 Å². The molecule has 264 valence electrons. The summed E-state index contributed by atoms with van der Waals surface area (Å²) < 4.78 is 0. The standard InChI is InChI=1S/C50H64/c1-3-5-7-9-11-13-15-17-19-21-23-39-25-27-41-29-31-43-45-34-36-48-44(46(45)33-35-47(43)49(41)37-39)32-30-42-28-26-40(38-50(42)48)24-22-20-18-16-14-12-10-8-6-4-2/h25-38H,3-24H2,1-2H3. The molecule has 0 atom stereocenters. The monoisotopic (exact) mass is 665 g/mol. The fraction of sp³-hybridized carbons (Fsp3) is 0.480. The molecule has 0 aliphatic heterocycles. The lowest BCUT2D eigenvalue weighted by Gasteiger charge is -2.13. The lowest BCUT2D eigenvalue weighted by atomic mass is 9.91. The van der Waals surface area contributed by atoms with Gasteiger partial charge in [-0.2, -0.15) is 0 Å². The van der Waals surface area contributed by atoms with Gasteiger partial charge in [-0.3, -0.25) is 0 Å². The van der Waals surface area contributed by atoms with E-state index in [1.54, 1.807) is 0 Å². The number of fused-ring (bicyclic) bond motifs is 9. The molecule has 0 fully saturated rings. The van der Waals surface area contributed by atoms with Gasteiger partial charge in [-0.25, -0.2) is 0 Å². The summed E-state index contributed by atoms with van der Waals surface area (Å²) in [6.45, 7) is 4.60. The highest BCUT2D eigenvalue weighted by molar-refractivity contribution is 6.25. The summed E-state index contributed by atoms with van der Waals surface area (Å²) >= 11 is 0. The number of aryl methyl sites for hydroxylation is 2. The van der Waals surface area contributed by atoms with E-state index in [1.807, 2.05) is 0 Å². The Balaban J connectivity index is 1.11. The second-order valence-electron chi connectivity index (χ2n) is 15.5. The molecule has 0 heterocycles. The Labute approximate surface area is 304 Å². The predicted molar refractivity (Wildman–Crippen MR) is 225 cm³/mol. The van der Waals surface area contributed by atoms with Crippen LogP contribution in [0.5, 0.6) is 0 Å². The van der Waals surface area contributed by atoms with Crippen molar-refractivity contribution >= 4 is 53.9 Å². The van der Waals surface area contributed by atoms with Crippen molar-refractivity contribution in [2.24, 2.45) is 0 Å². The quantitative estimate of drug-likeness (QED) is 0.0500. The van der Waals surface area contributed by atoms with Gasteiger partial charge in [0.25, 0.3) is 0 Å². The summed E-state index contributed by atoms with van der Waals surface area (Å²) in [6.07, 6.45) is 30.2.